The van der Waals surface area contributed by atoms with E-state index in [1.165, 1.54) is 53.5 Å². The van der Waals surface area contributed by atoms with Crippen molar-refractivity contribution in [2.75, 3.05) is 25.5 Å². The molecule has 3 atom stereocenters. The number of halogens is 2. The van der Waals surface area contributed by atoms with Crippen LogP contribution in [0.25, 0.3) is 16.1 Å². The fourth-order valence-electron chi connectivity index (χ4n) is 5.69. The number of benzene rings is 2. The van der Waals surface area contributed by atoms with Crippen LogP contribution in [0.15, 0.2) is 78.8 Å². The predicted molar refractivity (Wildman–Crippen MR) is 207 cm³/mol. The minimum atomic E-state index is -2.07. The molecule has 3 aromatic heterocycles. The second-order valence-corrected chi connectivity index (χ2v) is 15.3. The van der Waals surface area contributed by atoms with E-state index in [2.05, 4.69) is 14.9 Å². The van der Waals surface area contributed by atoms with Gasteiger partial charge in [0.1, 0.15) is 48.4 Å². The maximum absolute atomic E-state index is 15.4. The van der Waals surface area contributed by atoms with Crippen molar-refractivity contribution in [1.82, 2.24) is 24.6 Å². The molecule has 2 aromatic carbocycles. The van der Waals surface area contributed by atoms with E-state index in [0.29, 0.717) is 22.0 Å². The fourth-order valence-corrected chi connectivity index (χ4v) is 6.66. The van der Waals surface area contributed by atoms with E-state index < -0.39 is 53.1 Å². The molecule has 2 amide bonds. The van der Waals surface area contributed by atoms with Crippen LogP contribution in [0, 0.1) is 18.2 Å². The molecule has 15 nitrogen and oxygen atoms in total. The van der Waals surface area contributed by atoms with Crippen molar-refractivity contribution in [3.63, 3.8) is 0 Å². The van der Waals surface area contributed by atoms with Gasteiger partial charge < -0.3 is 24.2 Å². The number of thiazole rings is 1. The molecule has 304 valence electrons. The molecule has 0 aliphatic rings. The van der Waals surface area contributed by atoms with Crippen LogP contribution in [0.3, 0.4) is 0 Å². The minimum Gasteiger partial charge on any atom is -0.459 e. The SMILES string of the molecule is [C-]#[N+]c1ccc(-c2csc([C@H](C)[C@](O)(Cn3c[n+](C(C)OC(=O)N(C)c4ncccc4COC(=O)CN(C)C(=O)OC(C)(C)C)cn3)c3cc(F)ccc3F)n2)cc1. The quantitative estimate of drug-likeness (QED) is 0.0573. The number of rotatable bonds is 13. The second-order valence-electron chi connectivity index (χ2n) is 14.4. The van der Waals surface area contributed by atoms with Crippen LogP contribution in [0.1, 0.15) is 62.9 Å². The molecule has 0 spiro atoms. The van der Waals surface area contributed by atoms with E-state index in [9.17, 15) is 23.9 Å². The van der Waals surface area contributed by atoms with Gasteiger partial charge in [0.2, 0.25) is 12.6 Å². The van der Waals surface area contributed by atoms with Gasteiger partial charge in [-0.05, 0) is 50.6 Å². The van der Waals surface area contributed by atoms with Gasteiger partial charge in [-0.25, -0.2) is 33.2 Å². The highest BCUT2D eigenvalue weighted by Gasteiger charge is 2.43. The second kappa shape index (κ2) is 17.9. The molecule has 0 fully saturated rings. The first-order chi connectivity index (χ1) is 27.4. The minimum absolute atomic E-state index is 0.149. The Balaban J connectivity index is 1.28. The van der Waals surface area contributed by atoms with Crippen LogP contribution in [0.4, 0.5) is 29.9 Å². The van der Waals surface area contributed by atoms with Crippen LogP contribution in [-0.2, 0) is 37.8 Å². The third-order valence-corrected chi connectivity index (χ3v) is 9.94. The lowest BCUT2D eigenvalue weighted by Gasteiger charge is -2.32. The Kier molecular flexibility index (Phi) is 13.2. The molecule has 1 N–H and O–H groups in total. The van der Waals surface area contributed by atoms with E-state index in [-0.39, 0.29) is 31.1 Å². The Bertz CT molecular complexity index is 2310. The fraction of sp³-hybridized carbons (Fsp3) is 0.350. The first-order valence-electron chi connectivity index (χ1n) is 17.9. The lowest BCUT2D eigenvalue weighted by molar-refractivity contribution is -0.753. The van der Waals surface area contributed by atoms with Crippen molar-refractivity contribution in [2.45, 2.75) is 71.1 Å². The highest BCUT2D eigenvalue weighted by Crippen LogP contribution is 2.41. The molecule has 5 aromatic rings. The zero-order valence-corrected chi connectivity index (χ0v) is 33.7. The van der Waals surface area contributed by atoms with Gasteiger partial charge in [-0.1, -0.05) is 37.3 Å². The molecule has 0 radical (unpaired) electrons. The number of pyridine rings is 1. The third kappa shape index (κ3) is 10.3. The largest absolute Gasteiger partial charge is 0.459 e. The lowest BCUT2D eigenvalue weighted by Crippen LogP contribution is -2.42. The van der Waals surface area contributed by atoms with E-state index in [0.717, 1.165) is 33.6 Å². The zero-order chi connectivity index (χ0) is 42.4. The van der Waals surface area contributed by atoms with Crippen molar-refractivity contribution in [2.24, 2.45) is 0 Å². The van der Waals surface area contributed by atoms with Crippen LogP contribution in [0.5, 0.6) is 0 Å². The molecule has 58 heavy (non-hydrogen) atoms. The van der Waals surface area contributed by atoms with E-state index >= 15 is 4.39 Å². The van der Waals surface area contributed by atoms with Gasteiger partial charge in [-0.2, -0.15) is 4.57 Å². The number of carbonyl (C=O) groups is 3. The summed E-state index contributed by atoms with van der Waals surface area (Å²) >= 11 is 1.24. The van der Waals surface area contributed by atoms with Crippen LogP contribution in [-0.4, -0.2) is 74.2 Å². The standard InChI is InChI=1S/C40H43F2N8O7S/c1-25(36-46-33(21-58-36)27-11-14-30(43-6)15-12-27)40(54,31-18-29(41)13-16-32(31)42)22-50-24-49(23-45-50)26(2)56-38(53)48(8)35-28(10-9-17-44-35)20-55-34(51)19-47(7)37(52)57-39(3,4)5/h9-18,21,23-26,54H,19-20,22H2,1-5,7-8H3/q+1/t25-,26?,40+/m0/s1. The molecule has 0 saturated heterocycles. The highest BCUT2D eigenvalue weighted by atomic mass is 32.1. The predicted octanol–water partition coefficient (Wildman–Crippen LogP) is 6.91. The van der Waals surface area contributed by atoms with Gasteiger partial charge in [0.25, 0.3) is 6.33 Å². The van der Waals surface area contributed by atoms with Crippen LogP contribution >= 0.6 is 11.3 Å². The highest BCUT2D eigenvalue weighted by molar-refractivity contribution is 7.10. The number of carbonyl (C=O) groups excluding carboxylic acids is 3. The average molecular weight is 818 g/mol. The number of hydrogen-bond acceptors (Lipinski definition) is 11. The van der Waals surface area contributed by atoms with Gasteiger partial charge in [-0.15, -0.1) is 16.0 Å². The number of likely N-dealkylation sites (N-methyl/N-ethyl adjacent to an activating group) is 1. The number of anilines is 1. The van der Waals surface area contributed by atoms with Crippen LogP contribution < -0.4 is 9.47 Å². The Morgan fingerprint density at radius 1 is 1.07 bits per heavy atom. The molecule has 0 aliphatic heterocycles. The maximum atomic E-state index is 15.4. The van der Waals surface area contributed by atoms with Crippen molar-refractivity contribution >= 4 is 41.0 Å². The molecule has 5 rings (SSSR count). The molecule has 18 heteroatoms. The first-order valence-corrected chi connectivity index (χ1v) is 18.8. The summed E-state index contributed by atoms with van der Waals surface area (Å²) in [5.74, 6) is -3.01. The Hall–Kier alpha value is -6.32. The van der Waals surface area contributed by atoms with Gasteiger partial charge in [-0.3, -0.25) is 9.69 Å². The lowest BCUT2D eigenvalue weighted by atomic mass is 9.82. The van der Waals surface area contributed by atoms with Gasteiger partial charge in [0, 0.05) is 54.7 Å². The zero-order valence-electron chi connectivity index (χ0n) is 32.9. The van der Waals surface area contributed by atoms with E-state index in [4.69, 9.17) is 25.8 Å². The number of hydrogen-bond donors (Lipinski definition) is 1. The molecule has 3 heterocycles. The summed E-state index contributed by atoms with van der Waals surface area (Å²) in [6.07, 6.45) is 1.78. The number of ether oxygens (including phenoxy) is 3. The molecular formula is C40H43F2N8O7S+. The smallest absolute Gasteiger partial charge is 0.418 e. The Labute approximate surface area is 337 Å². The van der Waals surface area contributed by atoms with Gasteiger partial charge >= 0.3 is 18.2 Å². The Morgan fingerprint density at radius 3 is 2.48 bits per heavy atom. The van der Waals surface area contributed by atoms with E-state index in [1.807, 2.05) is 0 Å². The van der Waals surface area contributed by atoms with Crippen molar-refractivity contribution in [3.8, 4) is 11.3 Å². The summed E-state index contributed by atoms with van der Waals surface area (Å²) in [4.78, 5) is 52.7. The number of nitrogens with zero attached hydrogens (tertiary/aromatic N) is 8. The first kappa shape index (κ1) is 42.8. The van der Waals surface area contributed by atoms with Crippen molar-refractivity contribution in [1.29, 1.82) is 0 Å². The summed E-state index contributed by atoms with van der Waals surface area (Å²) in [7, 11) is 2.83. The van der Waals surface area contributed by atoms with Crippen LogP contribution in [0.2, 0.25) is 0 Å². The summed E-state index contributed by atoms with van der Waals surface area (Å²) in [6.45, 7) is 14.6. The normalized spacial score (nSPS) is 13.4. The molecule has 1 unspecified atom stereocenters. The summed E-state index contributed by atoms with van der Waals surface area (Å²) < 4.78 is 49.0. The molecule has 0 saturated carbocycles. The van der Waals surface area contributed by atoms with E-state index in [1.54, 1.807) is 76.4 Å². The topological polar surface area (TPSA) is 157 Å². The third-order valence-electron chi connectivity index (χ3n) is 8.91. The average Bonchev–Trinajstić information content (AvgIpc) is 3.87. The van der Waals surface area contributed by atoms with Gasteiger partial charge in [0.05, 0.1) is 17.3 Å². The number of esters is 1. The number of aromatic nitrogens is 5. The monoisotopic (exact) mass is 817 g/mol. The van der Waals surface area contributed by atoms with Gasteiger partial charge in [0.15, 0.2) is 5.69 Å². The number of aliphatic hydroxyl groups is 1. The molecule has 0 aliphatic carbocycles. The molecular weight excluding hydrogens is 775 g/mol. The maximum Gasteiger partial charge on any atom is 0.418 e. The van der Waals surface area contributed by atoms with Crippen molar-refractivity contribution in [3.05, 3.63) is 118 Å². The number of amides is 2. The Morgan fingerprint density at radius 2 is 1.79 bits per heavy atom. The summed E-state index contributed by atoms with van der Waals surface area (Å²) in [5.41, 5.74) is -0.924. The summed E-state index contributed by atoms with van der Waals surface area (Å²) in [6, 6.07) is 12.9. The summed E-state index contributed by atoms with van der Waals surface area (Å²) in [5, 5.41) is 18.9. The molecule has 0 bridgehead atoms. The van der Waals surface area contributed by atoms with Crippen molar-refractivity contribution < 1.29 is 47.0 Å².